The van der Waals surface area contributed by atoms with E-state index < -0.39 is 0 Å². The van der Waals surface area contributed by atoms with Gasteiger partial charge in [0.15, 0.2) is 5.13 Å². The molecule has 1 aromatic heterocycles. The third kappa shape index (κ3) is 2.72. The summed E-state index contributed by atoms with van der Waals surface area (Å²) in [6.45, 7) is 6.88. The molecule has 21 heavy (non-hydrogen) atoms. The van der Waals surface area contributed by atoms with Gasteiger partial charge in [-0.1, -0.05) is 29.5 Å². The lowest BCUT2D eigenvalue weighted by Crippen LogP contribution is -1.96. The quantitative estimate of drug-likeness (QED) is 0.731. The van der Waals surface area contributed by atoms with Crippen LogP contribution in [0.1, 0.15) is 18.1 Å². The number of nitrogens with zero attached hydrogens (tertiary/aromatic N) is 1. The average molecular weight is 298 g/mol. The van der Waals surface area contributed by atoms with Crippen molar-refractivity contribution in [2.75, 3.05) is 11.9 Å². The van der Waals surface area contributed by atoms with Gasteiger partial charge in [-0.15, -0.1) is 0 Å². The predicted octanol–water partition coefficient (Wildman–Crippen LogP) is 5.06. The van der Waals surface area contributed by atoms with Crippen LogP contribution in [0, 0.1) is 13.8 Å². The molecule has 1 N–H and O–H groups in total. The molecular formula is C17H18N2OS. The normalized spacial score (nSPS) is 10.8. The molecule has 0 radical (unpaired) electrons. The monoisotopic (exact) mass is 298 g/mol. The van der Waals surface area contributed by atoms with E-state index in [0.717, 1.165) is 26.8 Å². The molecule has 0 spiro atoms. The molecule has 3 aromatic rings. The SMILES string of the molecule is CCOc1cc2sc(Nc3ccccc3)nc2c(C)c1C. The fourth-order valence-corrected chi connectivity index (χ4v) is 3.27. The Hall–Kier alpha value is -2.07. The number of fused-ring (bicyclic) bond motifs is 1. The number of thiazole rings is 1. The molecule has 0 bridgehead atoms. The first-order valence-corrected chi connectivity index (χ1v) is 7.86. The first-order chi connectivity index (χ1) is 10.2. The van der Waals surface area contributed by atoms with Crippen LogP contribution in [0.2, 0.25) is 0 Å². The number of para-hydroxylation sites is 1. The smallest absolute Gasteiger partial charge is 0.188 e. The summed E-state index contributed by atoms with van der Waals surface area (Å²) in [5, 5.41) is 4.27. The second-order valence-electron chi connectivity index (χ2n) is 4.91. The van der Waals surface area contributed by atoms with Crippen molar-refractivity contribution in [1.29, 1.82) is 0 Å². The fourth-order valence-electron chi connectivity index (χ4n) is 2.29. The molecule has 0 unspecified atom stereocenters. The van der Waals surface area contributed by atoms with E-state index in [9.17, 15) is 0 Å². The second-order valence-corrected chi connectivity index (χ2v) is 5.95. The van der Waals surface area contributed by atoms with Gasteiger partial charge in [0, 0.05) is 5.69 Å². The van der Waals surface area contributed by atoms with E-state index in [1.54, 1.807) is 11.3 Å². The Balaban J connectivity index is 2.01. The molecule has 0 saturated carbocycles. The Bertz CT molecular complexity index is 765. The third-order valence-corrected chi connectivity index (χ3v) is 4.45. The molecule has 0 fully saturated rings. The highest BCUT2D eigenvalue weighted by atomic mass is 32.1. The number of anilines is 2. The maximum atomic E-state index is 5.71. The Morgan fingerprint density at radius 1 is 1.14 bits per heavy atom. The highest BCUT2D eigenvalue weighted by molar-refractivity contribution is 7.22. The zero-order chi connectivity index (χ0) is 14.8. The molecule has 0 aliphatic rings. The zero-order valence-electron chi connectivity index (χ0n) is 12.4. The van der Waals surface area contributed by atoms with E-state index in [1.165, 1.54) is 11.1 Å². The van der Waals surface area contributed by atoms with Crippen molar-refractivity contribution in [2.45, 2.75) is 20.8 Å². The van der Waals surface area contributed by atoms with Gasteiger partial charge in [0.05, 0.1) is 16.8 Å². The number of benzene rings is 2. The molecule has 3 rings (SSSR count). The van der Waals surface area contributed by atoms with Gasteiger partial charge in [0.25, 0.3) is 0 Å². The molecule has 4 heteroatoms. The summed E-state index contributed by atoms with van der Waals surface area (Å²) >= 11 is 1.65. The van der Waals surface area contributed by atoms with Crippen molar-refractivity contribution < 1.29 is 4.74 Å². The molecular weight excluding hydrogens is 280 g/mol. The Labute approximate surface area is 128 Å². The minimum absolute atomic E-state index is 0.680. The van der Waals surface area contributed by atoms with Crippen LogP contribution < -0.4 is 10.1 Å². The third-order valence-electron chi connectivity index (χ3n) is 3.53. The van der Waals surface area contributed by atoms with E-state index in [-0.39, 0.29) is 0 Å². The van der Waals surface area contributed by atoms with E-state index in [2.05, 4.69) is 25.2 Å². The first kappa shape index (κ1) is 13.9. The molecule has 0 aliphatic carbocycles. The number of aryl methyl sites for hydroxylation is 1. The maximum Gasteiger partial charge on any atom is 0.188 e. The van der Waals surface area contributed by atoms with Gasteiger partial charge in [0.2, 0.25) is 0 Å². The van der Waals surface area contributed by atoms with Gasteiger partial charge >= 0.3 is 0 Å². The molecule has 1 heterocycles. The largest absolute Gasteiger partial charge is 0.494 e. The fraction of sp³-hybridized carbons (Fsp3) is 0.235. The van der Waals surface area contributed by atoms with Crippen LogP contribution in [0.15, 0.2) is 36.4 Å². The Morgan fingerprint density at radius 3 is 2.62 bits per heavy atom. The number of rotatable bonds is 4. The summed E-state index contributed by atoms with van der Waals surface area (Å²) in [4.78, 5) is 4.72. The number of hydrogen-bond donors (Lipinski definition) is 1. The lowest BCUT2D eigenvalue weighted by atomic mass is 10.1. The zero-order valence-corrected chi connectivity index (χ0v) is 13.3. The van der Waals surface area contributed by atoms with Crippen LogP contribution in [-0.4, -0.2) is 11.6 Å². The highest BCUT2D eigenvalue weighted by Crippen LogP contribution is 2.35. The first-order valence-electron chi connectivity index (χ1n) is 7.04. The van der Waals surface area contributed by atoms with Crippen LogP contribution in [0.5, 0.6) is 5.75 Å². The Morgan fingerprint density at radius 2 is 1.90 bits per heavy atom. The van der Waals surface area contributed by atoms with Crippen molar-refractivity contribution in [3.63, 3.8) is 0 Å². The summed E-state index contributed by atoms with van der Waals surface area (Å²) in [6.07, 6.45) is 0. The van der Waals surface area contributed by atoms with Crippen molar-refractivity contribution in [1.82, 2.24) is 4.98 Å². The predicted molar refractivity (Wildman–Crippen MR) is 90.0 cm³/mol. The van der Waals surface area contributed by atoms with Crippen molar-refractivity contribution in [2.24, 2.45) is 0 Å². The summed E-state index contributed by atoms with van der Waals surface area (Å²) in [5.74, 6) is 0.956. The van der Waals surface area contributed by atoms with Crippen molar-refractivity contribution in [3.8, 4) is 5.75 Å². The van der Waals surface area contributed by atoms with Gasteiger partial charge in [0.1, 0.15) is 5.75 Å². The van der Waals surface area contributed by atoms with Gasteiger partial charge in [-0.3, -0.25) is 0 Å². The van der Waals surface area contributed by atoms with Crippen LogP contribution in [0.25, 0.3) is 10.2 Å². The molecule has 0 aliphatic heterocycles. The highest BCUT2D eigenvalue weighted by Gasteiger charge is 2.12. The summed E-state index contributed by atoms with van der Waals surface area (Å²) in [7, 11) is 0. The summed E-state index contributed by atoms with van der Waals surface area (Å²) in [5.41, 5.74) is 4.46. The number of nitrogens with one attached hydrogen (secondary N) is 1. The van der Waals surface area contributed by atoms with Crippen molar-refractivity contribution in [3.05, 3.63) is 47.5 Å². The number of ether oxygens (including phenoxy) is 1. The lowest BCUT2D eigenvalue weighted by Gasteiger charge is -2.09. The van der Waals surface area contributed by atoms with Gasteiger partial charge < -0.3 is 10.1 Å². The Kier molecular flexibility index (Phi) is 3.80. The summed E-state index contributed by atoms with van der Waals surface area (Å²) < 4.78 is 6.86. The van der Waals surface area contributed by atoms with Gasteiger partial charge in [-0.2, -0.15) is 0 Å². The van der Waals surface area contributed by atoms with E-state index >= 15 is 0 Å². The van der Waals surface area contributed by atoms with Crippen LogP contribution in [0.3, 0.4) is 0 Å². The second kappa shape index (κ2) is 5.74. The molecule has 0 saturated heterocycles. The van der Waals surface area contributed by atoms with Gasteiger partial charge in [-0.25, -0.2) is 4.98 Å². The number of hydrogen-bond acceptors (Lipinski definition) is 4. The summed E-state index contributed by atoms with van der Waals surface area (Å²) in [6, 6.07) is 12.2. The molecule has 0 atom stereocenters. The lowest BCUT2D eigenvalue weighted by molar-refractivity contribution is 0.338. The minimum atomic E-state index is 0.680. The van der Waals surface area contributed by atoms with Gasteiger partial charge in [-0.05, 0) is 50.1 Å². The average Bonchev–Trinajstić information content (AvgIpc) is 2.88. The van der Waals surface area contributed by atoms with Crippen LogP contribution in [-0.2, 0) is 0 Å². The van der Waals surface area contributed by atoms with E-state index in [0.29, 0.717) is 6.61 Å². The van der Waals surface area contributed by atoms with E-state index in [1.807, 2.05) is 37.3 Å². The van der Waals surface area contributed by atoms with Crippen LogP contribution >= 0.6 is 11.3 Å². The maximum absolute atomic E-state index is 5.71. The molecule has 0 amide bonds. The minimum Gasteiger partial charge on any atom is -0.494 e. The molecule has 2 aromatic carbocycles. The standard InChI is InChI=1S/C17H18N2OS/c1-4-20-14-10-15-16(12(3)11(14)2)19-17(21-15)18-13-8-6-5-7-9-13/h5-10H,4H2,1-3H3,(H,18,19). The topological polar surface area (TPSA) is 34.1 Å². The molecule has 3 nitrogen and oxygen atoms in total. The number of aromatic nitrogens is 1. The van der Waals surface area contributed by atoms with Crippen LogP contribution in [0.4, 0.5) is 10.8 Å². The molecule has 108 valence electrons. The van der Waals surface area contributed by atoms with E-state index in [4.69, 9.17) is 9.72 Å². The van der Waals surface area contributed by atoms with Crippen molar-refractivity contribution >= 4 is 32.4 Å².